The zero-order chi connectivity index (χ0) is 21.0. The predicted octanol–water partition coefficient (Wildman–Crippen LogP) is 1.12. The van der Waals surface area contributed by atoms with E-state index in [2.05, 4.69) is 20.8 Å². The van der Waals surface area contributed by atoms with Crippen LogP contribution in [-0.2, 0) is 14.8 Å². The third-order valence-corrected chi connectivity index (χ3v) is 5.92. The van der Waals surface area contributed by atoms with E-state index in [0.29, 0.717) is 16.9 Å². The molecule has 1 aromatic heterocycles. The van der Waals surface area contributed by atoms with Crippen LogP contribution in [0.3, 0.4) is 0 Å². The second-order valence-electron chi connectivity index (χ2n) is 6.19. The summed E-state index contributed by atoms with van der Waals surface area (Å²) in [4.78, 5) is 23.6. The summed E-state index contributed by atoms with van der Waals surface area (Å²) < 4.78 is 27.6. The van der Waals surface area contributed by atoms with Crippen LogP contribution >= 0.6 is 0 Å². The van der Waals surface area contributed by atoms with Crippen LogP contribution in [0.5, 0.6) is 0 Å². The van der Waals surface area contributed by atoms with Gasteiger partial charge in [0.05, 0.1) is 17.1 Å². The van der Waals surface area contributed by atoms with Gasteiger partial charge >= 0.3 is 0 Å². The molecule has 3 rings (SSSR count). The second-order valence-corrected chi connectivity index (χ2v) is 8.24. The van der Waals surface area contributed by atoms with E-state index in [1.165, 1.54) is 49.2 Å². The highest BCUT2D eigenvalue weighted by Crippen LogP contribution is 2.16. The number of rotatable bonds is 7. The molecule has 11 heteroatoms. The Morgan fingerprint density at radius 1 is 1.07 bits per heavy atom. The van der Waals surface area contributed by atoms with E-state index in [0.717, 1.165) is 4.31 Å². The van der Waals surface area contributed by atoms with Crippen molar-refractivity contribution in [2.24, 2.45) is 0 Å². The molecule has 0 atom stereocenters. The number of hydrogen-bond donors (Lipinski definition) is 1. The summed E-state index contributed by atoms with van der Waals surface area (Å²) in [6, 6.07) is 12.3. The summed E-state index contributed by atoms with van der Waals surface area (Å²) >= 11 is 0. The van der Waals surface area contributed by atoms with Gasteiger partial charge in [-0.1, -0.05) is 12.1 Å². The zero-order valence-corrected chi connectivity index (χ0v) is 16.5. The van der Waals surface area contributed by atoms with Gasteiger partial charge in [-0.2, -0.15) is 4.31 Å². The molecular formula is C18H18N6O4S. The Hall–Kier alpha value is -3.44. The molecule has 2 aromatic carbocycles. The molecule has 1 amide bonds. The van der Waals surface area contributed by atoms with Gasteiger partial charge in [-0.3, -0.25) is 9.59 Å². The van der Waals surface area contributed by atoms with E-state index < -0.39 is 15.9 Å². The van der Waals surface area contributed by atoms with E-state index in [4.69, 9.17) is 0 Å². The summed E-state index contributed by atoms with van der Waals surface area (Å²) in [6.45, 7) is 1.03. The Morgan fingerprint density at radius 2 is 1.72 bits per heavy atom. The van der Waals surface area contributed by atoms with Crippen LogP contribution in [0.25, 0.3) is 5.69 Å². The fraction of sp³-hybridized carbons (Fsp3) is 0.167. The molecule has 0 saturated heterocycles. The van der Waals surface area contributed by atoms with E-state index in [-0.39, 0.29) is 17.2 Å². The number of amides is 1. The summed E-state index contributed by atoms with van der Waals surface area (Å²) in [7, 11) is -2.56. The number of carbonyl (C=O) groups is 2. The third kappa shape index (κ3) is 4.70. The van der Waals surface area contributed by atoms with Crippen molar-refractivity contribution < 1.29 is 18.0 Å². The Balaban J connectivity index is 1.64. The predicted molar refractivity (Wildman–Crippen MR) is 104 cm³/mol. The Bertz CT molecular complexity index is 1110. The molecule has 150 valence electrons. The Labute approximate surface area is 167 Å². The minimum Gasteiger partial charge on any atom is -0.325 e. The maximum Gasteiger partial charge on any atom is 0.243 e. The molecule has 0 fully saturated rings. The largest absolute Gasteiger partial charge is 0.325 e. The molecule has 0 unspecified atom stereocenters. The first-order valence-corrected chi connectivity index (χ1v) is 9.92. The summed E-state index contributed by atoms with van der Waals surface area (Å²) in [6.07, 6.45) is 1.44. The van der Waals surface area contributed by atoms with Crippen molar-refractivity contribution in [3.63, 3.8) is 0 Å². The Kier molecular flexibility index (Phi) is 5.80. The molecule has 0 radical (unpaired) electrons. The number of tetrazole rings is 1. The smallest absolute Gasteiger partial charge is 0.243 e. The van der Waals surface area contributed by atoms with Gasteiger partial charge < -0.3 is 5.32 Å². The van der Waals surface area contributed by atoms with Crippen molar-refractivity contribution in [3.05, 3.63) is 60.4 Å². The highest BCUT2D eigenvalue weighted by molar-refractivity contribution is 7.89. The molecule has 0 aliphatic carbocycles. The highest BCUT2D eigenvalue weighted by Gasteiger charge is 2.23. The Morgan fingerprint density at radius 3 is 2.28 bits per heavy atom. The van der Waals surface area contributed by atoms with Gasteiger partial charge in [0.2, 0.25) is 15.9 Å². The molecule has 10 nitrogen and oxygen atoms in total. The average molecular weight is 414 g/mol. The monoisotopic (exact) mass is 414 g/mol. The van der Waals surface area contributed by atoms with Crippen molar-refractivity contribution >= 4 is 27.4 Å². The summed E-state index contributed by atoms with van der Waals surface area (Å²) in [5.41, 5.74) is 1.62. The van der Waals surface area contributed by atoms with E-state index in [1.54, 1.807) is 24.3 Å². The lowest BCUT2D eigenvalue weighted by molar-refractivity contribution is -0.116. The van der Waals surface area contributed by atoms with Crippen molar-refractivity contribution in [1.82, 2.24) is 24.5 Å². The van der Waals surface area contributed by atoms with Crippen LogP contribution in [0.2, 0.25) is 0 Å². The van der Waals surface area contributed by atoms with Gasteiger partial charge in [-0.15, -0.1) is 5.10 Å². The summed E-state index contributed by atoms with van der Waals surface area (Å²) in [5, 5.41) is 13.5. The number of nitrogens with one attached hydrogen (secondary N) is 1. The average Bonchev–Trinajstić information content (AvgIpc) is 3.23. The molecule has 3 aromatic rings. The van der Waals surface area contributed by atoms with Gasteiger partial charge in [0.15, 0.2) is 5.78 Å². The maximum absolute atomic E-state index is 12.6. The molecular weight excluding hydrogens is 396 g/mol. The standard InChI is InChI=1S/C18H18N6O4S/c1-13(25)14-3-9-17(10-4-14)29(27,28)23(2)11-18(26)20-15-5-7-16(8-6-15)24-12-19-21-22-24/h3-10,12H,11H2,1-2H3,(H,20,26). The molecule has 0 saturated carbocycles. The SMILES string of the molecule is CC(=O)c1ccc(S(=O)(=O)N(C)CC(=O)Nc2ccc(-n3cnnn3)cc2)cc1. The van der Waals surface area contributed by atoms with Crippen molar-refractivity contribution in [2.75, 3.05) is 18.9 Å². The number of likely N-dealkylation sites (N-methyl/N-ethyl adjacent to an activating group) is 1. The van der Waals surface area contributed by atoms with Gasteiger partial charge in [-0.25, -0.2) is 13.1 Å². The van der Waals surface area contributed by atoms with Gasteiger partial charge in [-0.05, 0) is 53.7 Å². The maximum atomic E-state index is 12.6. The van der Waals surface area contributed by atoms with Gasteiger partial charge in [0, 0.05) is 18.3 Å². The minimum atomic E-state index is -3.87. The van der Waals surface area contributed by atoms with E-state index in [9.17, 15) is 18.0 Å². The molecule has 0 spiro atoms. The summed E-state index contributed by atoms with van der Waals surface area (Å²) in [5.74, 6) is -0.653. The number of anilines is 1. The number of ketones is 1. The van der Waals surface area contributed by atoms with Crippen molar-refractivity contribution in [3.8, 4) is 5.69 Å². The number of nitrogens with zero attached hydrogens (tertiary/aromatic N) is 5. The number of hydrogen-bond acceptors (Lipinski definition) is 7. The molecule has 0 aliphatic heterocycles. The van der Waals surface area contributed by atoms with E-state index in [1.807, 2.05) is 0 Å². The number of carbonyl (C=O) groups excluding carboxylic acids is 2. The first kappa shape index (κ1) is 20.3. The van der Waals surface area contributed by atoms with E-state index >= 15 is 0 Å². The number of aromatic nitrogens is 4. The molecule has 1 heterocycles. The quantitative estimate of drug-likeness (QED) is 0.574. The lowest BCUT2D eigenvalue weighted by atomic mass is 10.2. The van der Waals surface area contributed by atoms with Crippen LogP contribution in [0, 0.1) is 0 Å². The topological polar surface area (TPSA) is 127 Å². The molecule has 1 N–H and O–H groups in total. The number of sulfonamides is 1. The third-order valence-electron chi connectivity index (χ3n) is 4.10. The highest BCUT2D eigenvalue weighted by atomic mass is 32.2. The van der Waals surface area contributed by atoms with Crippen LogP contribution in [0.4, 0.5) is 5.69 Å². The fourth-order valence-electron chi connectivity index (χ4n) is 2.51. The molecule has 0 bridgehead atoms. The first-order chi connectivity index (χ1) is 13.8. The van der Waals surface area contributed by atoms with Crippen LogP contribution in [0.15, 0.2) is 59.8 Å². The lowest BCUT2D eigenvalue weighted by Crippen LogP contribution is -2.35. The van der Waals surface area contributed by atoms with Gasteiger partial charge in [0.1, 0.15) is 6.33 Å². The molecule has 0 aliphatic rings. The van der Waals surface area contributed by atoms with Gasteiger partial charge in [0.25, 0.3) is 0 Å². The lowest BCUT2D eigenvalue weighted by Gasteiger charge is -2.17. The fourth-order valence-corrected chi connectivity index (χ4v) is 3.63. The first-order valence-electron chi connectivity index (χ1n) is 8.48. The van der Waals surface area contributed by atoms with Crippen molar-refractivity contribution in [2.45, 2.75) is 11.8 Å². The second kappa shape index (κ2) is 8.29. The molecule has 29 heavy (non-hydrogen) atoms. The normalized spacial score (nSPS) is 11.4. The minimum absolute atomic E-state index is 0.00333. The van der Waals surface area contributed by atoms with Crippen LogP contribution in [-0.4, -0.2) is 58.2 Å². The van der Waals surface area contributed by atoms with Crippen LogP contribution in [0.1, 0.15) is 17.3 Å². The zero-order valence-electron chi connectivity index (χ0n) is 15.7. The van der Waals surface area contributed by atoms with Crippen molar-refractivity contribution in [1.29, 1.82) is 0 Å². The van der Waals surface area contributed by atoms with Crippen LogP contribution < -0.4 is 5.32 Å². The number of Topliss-reactive ketones (excluding diaryl/α,β-unsaturated/α-hetero) is 1. The number of benzene rings is 2.